The van der Waals surface area contributed by atoms with Gasteiger partial charge in [-0.25, -0.2) is 4.68 Å². The van der Waals surface area contributed by atoms with E-state index in [0.29, 0.717) is 28.8 Å². The second-order valence-electron chi connectivity index (χ2n) is 8.20. The van der Waals surface area contributed by atoms with Crippen molar-refractivity contribution in [3.05, 3.63) is 107 Å². The number of aryl methyl sites for hydroxylation is 1. The zero-order valence-corrected chi connectivity index (χ0v) is 20.4. The third kappa shape index (κ3) is 5.00. The quantitative estimate of drug-likeness (QED) is 0.275. The highest BCUT2D eigenvalue weighted by Crippen LogP contribution is 2.33. The van der Waals surface area contributed by atoms with Gasteiger partial charge < -0.3 is 9.64 Å². The van der Waals surface area contributed by atoms with E-state index in [-0.39, 0.29) is 11.9 Å². The summed E-state index contributed by atoms with van der Waals surface area (Å²) in [4.78, 5) is 15.4. The van der Waals surface area contributed by atoms with E-state index >= 15 is 0 Å². The number of rotatable bonds is 8. The minimum absolute atomic E-state index is 0.00665. The van der Waals surface area contributed by atoms with Gasteiger partial charge >= 0.3 is 0 Å². The summed E-state index contributed by atoms with van der Waals surface area (Å²) in [5.74, 6) is 1.18. The van der Waals surface area contributed by atoms with Gasteiger partial charge in [-0.05, 0) is 56.7 Å². The Hall–Kier alpha value is -3.57. The van der Waals surface area contributed by atoms with Crippen LogP contribution in [0.5, 0.6) is 11.6 Å². The fraction of sp³-hybridized carbons (Fsp3) is 0.214. The average Bonchev–Trinajstić information content (AvgIpc) is 3.17. The third-order valence-corrected chi connectivity index (χ3v) is 6.24. The molecule has 0 N–H and O–H groups in total. The van der Waals surface area contributed by atoms with Crippen LogP contribution in [0, 0.1) is 6.92 Å². The van der Waals surface area contributed by atoms with E-state index in [4.69, 9.17) is 21.4 Å². The molecule has 0 aliphatic rings. The van der Waals surface area contributed by atoms with Crippen molar-refractivity contribution >= 4 is 17.5 Å². The molecule has 0 saturated carbocycles. The van der Waals surface area contributed by atoms with Crippen LogP contribution in [0.25, 0.3) is 5.69 Å². The Morgan fingerprint density at radius 2 is 1.62 bits per heavy atom. The molecule has 174 valence electrons. The van der Waals surface area contributed by atoms with Gasteiger partial charge in [0, 0.05) is 6.04 Å². The van der Waals surface area contributed by atoms with Gasteiger partial charge in [-0.1, -0.05) is 67.1 Å². The van der Waals surface area contributed by atoms with Crippen LogP contribution in [0.15, 0.2) is 84.9 Å². The molecule has 4 aromatic rings. The molecular weight excluding hydrogens is 446 g/mol. The monoisotopic (exact) mass is 473 g/mol. The Bertz CT molecular complexity index is 1260. The molecule has 3 aromatic carbocycles. The molecule has 34 heavy (non-hydrogen) atoms. The van der Waals surface area contributed by atoms with E-state index in [1.165, 1.54) is 0 Å². The molecular formula is C28H28ClN3O2. The zero-order valence-electron chi connectivity index (χ0n) is 19.6. The summed E-state index contributed by atoms with van der Waals surface area (Å²) in [6, 6.07) is 26.6. The molecule has 0 fully saturated rings. The van der Waals surface area contributed by atoms with Crippen LogP contribution in [0.4, 0.5) is 0 Å². The van der Waals surface area contributed by atoms with E-state index in [1.807, 2.05) is 91.5 Å². The van der Waals surface area contributed by atoms with Gasteiger partial charge in [-0.2, -0.15) is 5.10 Å². The number of nitrogens with zero attached hydrogens (tertiary/aromatic N) is 3. The average molecular weight is 474 g/mol. The number of aromatic nitrogens is 2. The molecule has 0 spiro atoms. The Labute approximate surface area is 205 Å². The number of hydrogen-bond donors (Lipinski definition) is 0. The Kier molecular flexibility index (Phi) is 7.33. The number of halogens is 1. The SMILES string of the molecule is CC[C@@H](C)N(Cc1c(C)nn(-c2ccccc2)c1Oc1ccccc1)C(=O)c1ccccc1Cl. The Balaban J connectivity index is 1.79. The number of benzene rings is 3. The van der Waals surface area contributed by atoms with Crippen molar-refractivity contribution in [2.45, 2.75) is 39.8 Å². The molecule has 1 amide bonds. The first kappa shape index (κ1) is 23.6. The molecule has 0 aliphatic carbocycles. The first-order valence-corrected chi connectivity index (χ1v) is 11.8. The predicted molar refractivity (Wildman–Crippen MR) is 136 cm³/mol. The fourth-order valence-electron chi connectivity index (χ4n) is 3.78. The summed E-state index contributed by atoms with van der Waals surface area (Å²) in [6.45, 7) is 6.41. The summed E-state index contributed by atoms with van der Waals surface area (Å²) in [5.41, 5.74) is 3.03. The van der Waals surface area contributed by atoms with Crippen LogP contribution in [0.2, 0.25) is 5.02 Å². The molecule has 6 heteroatoms. The highest BCUT2D eigenvalue weighted by molar-refractivity contribution is 6.33. The standard InChI is InChI=1S/C28H28ClN3O2/c1-4-20(2)31(27(33)24-17-11-12-18-26(24)29)19-25-21(3)30-32(22-13-7-5-8-14-22)28(25)34-23-15-9-6-10-16-23/h5-18,20H,4,19H2,1-3H3/t20-/m1/s1. The predicted octanol–water partition coefficient (Wildman–Crippen LogP) is 7.07. The van der Waals surface area contributed by atoms with Crippen molar-refractivity contribution < 1.29 is 9.53 Å². The summed E-state index contributed by atoms with van der Waals surface area (Å²) in [5, 5.41) is 5.24. The van der Waals surface area contributed by atoms with Crippen molar-refractivity contribution in [3.63, 3.8) is 0 Å². The number of hydrogen-bond acceptors (Lipinski definition) is 3. The fourth-order valence-corrected chi connectivity index (χ4v) is 3.99. The molecule has 0 radical (unpaired) electrons. The number of amides is 1. The van der Waals surface area contributed by atoms with Crippen molar-refractivity contribution in [2.24, 2.45) is 0 Å². The summed E-state index contributed by atoms with van der Waals surface area (Å²) < 4.78 is 8.17. The summed E-state index contributed by atoms with van der Waals surface area (Å²) in [7, 11) is 0. The van der Waals surface area contributed by atoms with Crippen LogP contribution in [-0.2, 0) is 6.54 Å². The van der Waals surface area contributed by atoms with E-state index < -0.39 is 0 Å². The van der Waals surface area contributed by atoms with Crippen LogP contribution in [0.3, 0.4) is 0 Å². The number of carbonyl (C=O) groups excluding carboxylic acids is 1. The van der Waals surface area contributed by atoms with Crippen molar-refractivity contribution in [2.75, 3.05) is 0 Å². The normalized spacial score (nSPS) is 11.8. The highest BCUT2D eigenvalue weighted by atomic mass is 35.5. The van der Waals surface area contributed by atoms with Gasteiger partial charge in [-0.3, -0.25) is 4.79 Å². The highest BCUT2D eigenvalue weighted by Gasteiger charge is 2.27. The zero-order chi connectivity index (χ0) is 24.1. The smallest absolute Gasteiger partial charge is 0.255 e. The largest absolute Gasteiger partial charge is 0.439 e. The molecule has 5 nitrogen and oxygen atoms in total. The Morgan fingerprint density at radius 1 is 1.00 bits per heavy atom. The second-order valence-corrected chi connectivity index (χ2v) is 8.61. The molecule has 0 saturated heterocycles. The van der Waals surface area contributed by atoms with Crippen LogP contribution >= 0.6 is 11.6 Å². The van der Waals surface area contributed by atoms with Crippen molar-refractivity contribution in [3.8, 4) is 17.3 Å². The van der Waals surface area contributed by atoms with E-state index in [9.17, 15) is 4.79 Å². The van der Waals surface area contributed by atoms with Gasteiger partial charge in [0.05, 0.1) is 34.1 Å². The van der Waals surface area contributed by atoms with E-state index in [1.54, 1.807) is 16.8 Å². The molecule has 0 bridgehead atoms. The lowest BCUT2D eigenvalue weighted by molar-refractivity contribution is 0.0670. The van der Waals surface area contributed by atoms with Gasteiger partial charge in [0.1, 0.15) is 5.75 Å². The maximum absolute atomic E-state index is 13.6. The Morgan fingerprint density at radius 3 is 2.26 bits per heavy atom. The topological polar surface area (TPSA) is 47.4 Å². The summed E-state index contributed by atoms with van der Waals surface area (Å²) in [6.07, 6.45) is 0.803. The molecule has 1 aromatic heterocycles. The minimum Gasteiger partial charge on any atom is -0.439 e. The van der Waals surface area contributed by atoms with Crippen LogP contribution < -0.4 is 4.74 Å². The number of ether oxygens (including phenoxy) is 1. The van der Waals surface area contributed by atoms with Crippen LogP contribution in [-0.4, -0.2) is 26.6 Å². The number of para-hydroxylation sites is 2. The first-order chi connectivity index (χ1) is 16.5. The van der Waals surface area contributed by atoms with Crippen molar-refractivity contribution in [1.82, 2.24) is 14.7 Å². The number of carbonyl (C=O) groups is 1. The minimum atomic E-state index is -0.113. The van der Waals surface area contributed by atoms with E-state index in [2.05, 4.69) is 6.92 Å². The van der Waals surface area contributed by atoms with Crippen molar-refractivity contribution in [1.29, 1.82) is 0 Å². The third-order valence-electron chi connectivity index (χ3n) is 5.91. The molecule has 0 unspecified atom stereocenters. The molecule has 1 atom stereocenters. The first-order valence-electron chi connectivity index (χ1n) is 11.4. The van der Waals surface area contributed by atoms with Gasteiger partial charge in [0.15, 0.2) is 0 Å². The lowest BCUT2D eigenvalue weighted by Gasteiger charge is -2.29. The molecule has 0 aliphatic heterocycles. The lowest BCUT2D eigenvalue weighted by Crippen LogP contribution is -2.38. The van der Waals surface area contributed by atoms with Crippen LogP contribution in [0.1, 0.15) is 41.9 Å². The molecule has 4 rings (SSSR count). The lowest BCUT2D eigenvalue weighted by atomic mass is 10.1. The summed E-state index contributed by atoms with van der Waals surface area (Å²) >= 11 is 6.38. The maximum Gasteiger partial charge on any atom is 0.255 e. The van der Waals surface area contributed by atoms with Gasteiger partial charge in [0.25, 0.3) is 5.91 Å². The maximum atomic E-state index is 13.6. The van der Waals surface area contributed by atoms with E-state index in [0.717, 1.165) is 23.4 Å². The van der Waals surface area contributed by atoms with Gasteiger partial charge in [0.2, 0.25) is 5.88 Å². The second kappa shape index (κ2) is 10.6. The van der Waals surface area contributed by atoms with Gasteiger partial charge in [-0.15, -0.1) is 0 Å². The molecule has 1 heterocycles.